The van der Waals surface area contributed by atoms with Crippen LogP contribution >= 0.6 is 0 Å². The molecule has 6 amide bonds. The maximum atomic E-state index is 14.3. The summed E-state index contributed by atoms with van der Waals surface area (Å²) in [7, 11) is 0. The first-order chi connectivity index (χ1) is 32.8. The van der Waals surface area contributed by atoms with Crippen LogP contribution in [-0.2, 0) is 35.3 Å². The standard InChI is InChI=1S/C41H49N21O7/c42-26(63)27(58-37(43)44)54-32(65)29(60-39(47)48)56-34(67)30(61-40(49)50)57-33(66)28(59-38(45)46)55-31(64)25(19-9-2-1-3-10-19)53-35(68)36(69)62(41-51-15-8-16-52-41)18-24-22-13-6-4-11-20(22)17-21-12-5-7-14-23(21)24/h1-17,25,27-30,36,69H,18H2,(H2,42,63)(H,53,68)(H,54,65)(H,55,64)(H,56,67)(H,57,66)(H4,43,44,58)(H4,45,46,59)(H4,47,48,60)(H4,49,50,61). The van der Waals surface area contributed by atoms with E-state index in [1.807, 2.05) is 59.9 Å². The van der Waals surface area contributed by atoms with Crippen molar-refractivity contribution in [3.05, 3.63) is 115 Å². The lowest BCUT2D eigenvalue weighted by Gasteiger charge is -2.30. The quantitative estimate of drug-likeness (QED) is 0.0150. The number of aliphatic hydroxyl groups excluding tert-OH is 1. The van der Waals surface area contributed by atoms with Crippen LogP contribution in [0, 0.1) is 0 Å². The largest absolute Gasteiger partial charge is 0.370 e. The molecule has 0 spiro atoms. The van der Waals surface area contributed by atoms with Gasteiger partial charge in [0.05, 0.1) is 6.54 Å². The van der Waals surface area contributed by atoms with E-state index >= 15 is 0 Å². The van der Waals surface area contributed by atoms with Gasteiger partial charge in [0.25, 0.3) is 29.5 Å². The minimum Gasteiger partial charge on any atom is -0.370 e. The number of nitrogens with two attached hydrogens (primary N) is 9. The van der Waals surface area contributed by atoms with E-state index in [0.717, 1.165) is 27.1 Å². The average molecular weight is 948 g/mol. The molecule has 0 aliphatic heterocycles. The number of anilines is 1. The second kappa shape index (κ2) is 22.9. The predicted octanol–water partition coefficient (Wildman–Crippen LogP) is -5.69. The van der Waals surface area contributed by atoms with Crippen LogP contribution in [0.15, 0.2) is 123 Å². The van der Waals surface area contributed by atoms with Gasteiger partial charge in [0.15, 0.2) is 23.8 Å². The highest BCUT2D eigenvalue weighted by Gasteiger charge is 2.35. The van der Waals surface area contributed by atoms with Gasteiger partial charge in [0.1, 0.15) is 6.04 Å². The number of carbonyl (C=O) groups excluding carboxylic acids is 6. The van der Waals surface area contributed by atoms with Gasteiger partial charge >= 0.3 is 0 Å². The van der Waals surface area contributed by atoms with Gasteiger partial charge in [0.2, 0.25) is 42.7 Å². The summed E-state index contributed by atoms with van der Waals surface area (Å²) in [6, 6.07) is 24.7. The van der Waals surface area contributed by atoms with E-state index in [4.69, 9.17) is 51.6 Å². The molecule has 0 aliphatic carbocycles. The summed E-state index contributed by atoms with van der Waals surface area (Å²) < 4.78 is 0. The molecule has 28 heteroatoms. The molecule has 0 bridgehead atoms. The first-order valence-electron chi connectivity index (χ1n) is 20.1. The number of hydrogen-bond acceptors (Lipinski definition) is 14. The topological polar surface area (TPSA) is 495 Å². The van der Waals surface area contributed by atoms with E-state index < -0.39 is 96.2 Å². The van der Waals surface area contributed by atoms with Crippen LogP contribution < -0.4 is 83.1 Å². The number of primary amides is 1. The molecule has 0 saturated heterocycles. The SMILES string of the molecule is NC(=O)C(N=C(N)N)NC(=O)C(N=C(N)N)NC(=O)C(N=C(N)N)NC(=O)C(N=C(N)N)NC(=O)C(NC(=O)C(O)N(Cc1c2ccccc2cc2ccccc12)c1ncccn1)c1ccccc1. The summed E-state index contributed by atoms with van der Waals surface area (Å²) in [4.78, 5) is 105. The molecule has 6 unspecified atom stereocenters. The fraction of sp³-hybridized carbons (Fsp3) is 0.171. The van der Waals surface area contributed by atoms with Gasteiger partial charge in [-0.1, -0.05) is 78.9 Å². The molecule has 360 valence electrons. The summed E-state index contributed by atoms with van der Waals surface area (Å²) >= 11 is 0. The van der Waals surface area contributed by atoms with Crippen LogP contribution in [0.5, 0.6) is 0 Å². The Bertz CT molecular complexity index is 2760. The highest BCUT2D eigenvalue weighted by molar-refractivity contribution is 6.03. The van der Waals surface area contributed by atoms with Crippen molar-refractivity contribution in [3.63, 3.8) is 0 Å². The predicted molar refractivity (Wildman–Crippen MR) is 253 cm³/mol. The Morgan fingerprint density at radius 3 is 1.36 bits per heavy atom. The highest BCUT2D eigenvalue weighted by Crippen LogP contribution is 2.31. The smallest absolute Gasteiger partial charge is 0.271 e. The van der Waals surface area contributed by atoms with Gasteiger partial charge in [-0.15, -0.1) is 0 Å². The fourth-order valence-electron chi connectivity index (χ4n) is 6.55. The third-order valence-electron chi connectivity index (χ3n) is 9.47. The summed E-state index contributed by atoms with van der Waals surface area (Å²) in [5, 5.41) is 26.3. The molecule has 0 radical (unpaired) electrons. The van der Waals surface area contributed by atoms with E-state index in [-0.39, 0.29) is 18.1 Å². The minimum atomic E-state index is -2.14. The van der Waals surface area contributed by atoms with Crippen molar-refractivity contribution in [1.82, 2.24) is 36.6 Å². The fourth-order valence-corrected chi connectivity index (χ4v) is 6.55. The number of benzene rings is 4. The number of rotatable bonds is 20. The number of nitrogens with one attached hydrogen (secondary N) is 5. The first kappa shape index (κ1) is 50.1. The van der Waals surface area contributed by atoms with Crippen LogP contribution in [0.25, 0.3) is 21.5 Å². The molecule has 0 aliphatic rings. The molecule has 24 N–H and O–H groups in total. The van der Waals surface area contributed by atoms with Crippen LogP contribution in [-0.4, -0.2) is 105 Å². The number of amides is 6. The molecular formula is C41H49N21O7. The lowest BCUT2D eigenvalue weighted by Crippen LogP contribution is -2.58. The number of hydrogen-bond donors (Lipinski definition) is 15. The van der Waals surface area contributed by atoms with Gasteiger partial charge in [-0.05, 0) is 44.8 Å². The number of nitrogens with zero attached hydrogens (tertiary/aromatic N) is 7. The molecule has 1 heterocycles. The Morgan fingerprint density at radius 1 is 0.507 bits per heavy atom. The maximum absolute atomic E-state index is 14.3. The lowest BCUT2D eigenvalue weighted by molar-refractivity contribution is -0.136. The van der Waals surface area contributed by atoms with E-state index in [1.54, 1.807) is 24.3 Å². The van der Waals surface area contributed by atoms with Crippen molar-refractivity contribution in [3.8, 4) is 0 Å². The Morgan fingerprint density at radius 2 is 0.913 bits per heavy atom. The monoisotopic (exact) mass is 947 g/mol. The van der Waals surface area contributed by atoms with E-state index in [0.29, 0.717) is 0 Å². The van der Waals surface area contributed by atoms with Crippen LogP contribution in [0.4, 0.5) is 5.95 Å². The Hall–Kier alpha value is -9.86. The number of guanidine groups is 4. The van der Waals surface area contributed by atoms with Crippen molar-refractivity contribution < 1.29 is 33.9 Å². The number of aliphatic imine (C=N–C) groups is 4. The third kappa shape index (κ3) is 13.6. The molecule has 69 heavy (non-hydrogen) atoms. The van der Waals surface area contributed by atoms with Gasteiger partial charge in [-0.3, -0.25) is 28.8 Å². The summed E-state index contributed by atoms with van der Waals surface area (Å²) in [6.07, 6.45) is -7.35. The first-order valence-corrected chi connectivity index (χ1v) is 20.1. The van der Waals surface area contributed by atoms with Crippen LogP contribution in [0.1, 0.15) is 17.2 Å². The molecule has 28 nitrogen and oxygen atoms in total. The van der Waals surface area contributed by atoms with E-state index in [1.165, 1.54) is 29.4 Å². The molecule has 6 atom stereocenters. The van der Waals surface area contributed by atoms with Crippen molar-refractivity contribution >= 4 is 86.8 Å². The second-order valence-corrected chi connectivity index (χ2v) is 14.5. The van der Waals surface area contributed by atoms with Crippen LogP contribution in [0.2, 0.25) is 0 Å². The van der Waals surface area contributed by atoms with Crippen molar-refractivity contribution in [2.75, 3.05) is 4.90 Å². The highest BCUT2D eigenvalue weighted by atomic mass is 16.3. The van der Waals surface area contributed by atoms with Crippen molar-refractivity contribution in [2.45, 2.75) is 43.5 Å². The number of aliphatic hydroxyl groups is 1. The lowest BCUT2D eigenvalue weighted by atomic mass is 9.96. The van der Waals surface area contributed by atoms with Gasteiger partial charge in [0, 0.05) is 12.4 Å². The molecular weight excluding hydrogens is 899 g/mol. The van der Waals surface area contributed by atoms with Crippen LogP contribution in [0.3, 0.4) is 0 Å². The molecule has 0 saturated carbocycles. The van der Waals surface area contributed by atoms with Crippen molar-refractivity contribution in [2.24, 2.45) is 71.6 Å². The Labute approximate surface area is 390 Å². The Balaban J connectivity index is 1.42. The van der Waals surface area contributed by atoms with E-state index in [2.05, 4.69) is 51.2 Å². The Kier molecular flexibility index (Phi) is 16.6. The van der Waals surface area contributed by atoms with Gasteiger partial charge in [-0.25, -0.2) is 29.9 Å². The summed E-state index contributed by atoms with van der Waals surface area (Å²) in [5.41, 5.74) is 49.9. The number of aromatic nitrogens is 2. The molecule has 4 aromatic carbocycles. The zero-order valence-electron chi connectivity index (χ0n) is 36.2. The zero-order chi connectivity index (χ0) is 50.4. The normalized spacial score (nSPS) is 13.3. The molecule has 0 fully saturated rings. The molecule has 1 aromatic heterocycles. The van der Waals surface area contributed by atoms with Crippen molar-refractivity contribution in [1.29, 1.82) is 0 Å². The maximum Gasteiger partial charge on any atom is 0.271 e. The zero-order valence-corrected chi connectivity index (χ0v) is 36.2. The second-order valence-electron chi connectivity index (χ2n) is 14.5. The summed E-state index contributed by atoms with van der Waals surface area (Å²) in [6.45, 7) is -0.0941. The molecule has 5 aromatic rings. The summed E-state index contributed by atoms with van der Waals surface area (Å²) in [5.74, 6) is -10.4. The minimum absolute atomic E-state index is 0.0345. The number of carbonyl (C=O) groups is 6. The third-order valence-corrected chi connectivity index (χ3v) is 9.47. The van der Waals surface area contributed by atoms with E-state index in [9.17, 15) is 33.9 Å². The van der Waals surface area contributed by atoms with Gasteiger partial charge in [-0.2, -0.15) is 0 Å². The number of fused-ring (bicyclic) bond motifs is 2. The molecule has 5 rings (SSSR count). The van der Waals surface area contributed by atoms with Gasteiger partial charge < -0.3 is 88.2 Å². The average Bonchev–Trinajstić information content (AvgIpc) is 3.30.